The van der Waals surface area contributed by atoms with Gasteiger partial charge in [-0.15, -0.1) is 0 Å². The number of aliphatic hydroxyl groups excluding tert-OH is 2. The SMILES string of the molecule is CC(O)C(CO)NC(=O)c1cccc2ccccc12. The minimum atomic E-state index is -0.802. The van der Waals surface area contributed by atoms with Crippen LogP contribution in [-0.4, -0.2) is 34.9 Å². The van der Waals surface area contributed by atoms with Crippen molar-refractivity contribution < 1.29 is 15.0 Å². The number of hydrogen-bond acceptors (Lipinski definition) is 3. The monoisotopic (exact) mass is 259 g/mol. The number of amides is 1. The van der Waals surface area contributed by atoms with Gasteiger partial charge in [-0.2, -0.15) is 0 Å². The van der Waals surface area contributed by atoms with E-state index in [4.69, 9.17) is 5.11 Å². The van der Waals surface area contributed by atoms with E-state index in [2.05, 4.69) is 5.32 Å². The number of aliphatic hydroxyl groups is 2. The summed E-state index contributed by atoms with van der Waals surface area (Å²) in [5.41, 5.74) is 0.539. The highest BCUT2D eigenvalue weighted by Gasteiger charge is 2.18. The lowest BCUT2D eigenvalue weighted by Gasteiger charge is -2.19. The second-order valence-corrected chi connectivity index (χ2v) is 4.53. The summed E-state index contributed by atoms with van der Waals surface area (Å²) in [5, 5.41) is 23.0. The van der Waals surface area contributed by atoms with E-state index in [1.165, 1.54) is 6.92 Å². The quantitative estimate of drug-likeness (QED) is 0.775. The zero-order valence-electron chi connectivity index (χ0n) is 10.7. The molecule has 0 aromatic heterocycles. The molecule has 0 spiro atoms. The molecular weight excluding hydrogens is 242 g/mol. The Hall–Kier alpha value is -1.91. The molecule has 0 fully saturated rings. The molecule has 0 saturated heterocycles. The second kappa shape index (κ2) is 5.82. The molecule has 3 N–H and O–H groups in total. The van der Waals surface area contributed by atoms with Crippen LogP contribution in [0.25, 0.3) is 10.8 Å². The Labute approximate surface area is 111 Å². The lowest BCUT2D eigenvalue weighted by Crippen LogP contribution is -2.44. The summed E-state index contributed by atoms with van der Waals surface area (Å²) in [7, 11) is 0. The number of nitrogens with one attached hydrogen (secondary N) is 1. The molecule has 2 unspecified atom stereocenters. The zero-order valence-corrected chi connectivity index (χ0v) is 10.7. The van der Waals surface area contributed by atoms with E-state index in [-0.39, 0.29) is 12.5 Å². The molecule has 4 heteroatoms. The smallest absolute Gasteiger partial charge is 0.252 e. The van der Waals surface area contributed by atoms with Crippen molar-refractivity contribution in [2.45, 2.75) is 19.1 Å². The summed E-state index contributed by atoms with van der Waals surface area (Å²) >= 11 is 0. The maximum Gasteiger partial charge on any atom is 0.252 e. The van der Waals surface area contributed by atoms with Gasteiger partial charge in [0, 0.05) is 5.56 Å². The third-order valence-corrected chi connectivity index (χ3v) is 3.13. The number of carbonyl (C=O) groups excluding carboxylic acids is 1. The van der Waals surface area contributed by atoms with E-state index >= 15 is 0 Å². The van der Waals surface area contributed by atoms with E-state index in [1.807, 2.05) is 36.4 Å². The molecule has 0 heterocycles. The maximum absolute atomic E-state index is 12.2. The molecule has 0 bridgehead atoms. The number of rotatable bonds is 4. The largest absolute Gasteiger partial charge is 0.394 e. The van der Waals surface area contributed by atoms with Gasteiger partial charge in [0.15, 0.2) is 0 Å². The minimum absolute atomic E-state index is 0.295. The number of benzene rings is 2. The Balaban J connectivity index is 2.31. The fourth-order valence-corrected chi connectivity index (χ4v) is 1.99. The first-order valence-corrected chi connectivity index (χ1v) is 6.21. The summed E-state index contributed by atoms with van der Waals surface area (Å²) in [6, 6.07) is 12.4. The molecule has 4 nitrogen and oxygen atoms in total. The molecule has 2 atom stereocenters. The Morgan fingerprint density at radius 1 is 1.21 bits per heavy atom. The van der Waals surface area contributed by atoms with Crippen LogP contribution < -0.4 is 5.32 Å². The average molecular weight is 259 g/mol. The summed E-state index contributed by atoms with van der Waals surface area (Å²) in [6.45, 7) is 1.23. The van der Waals surface area contributed by atoms with Crippen molar-refractivity contribution in [2.75, 3.05) is 6.61 Å². The molecule has 1 amide bonds. The van der Waals surface area contributed by atoms with Crippen LogP contribution in [0.5, 0.6) is 0 Å². The van der Waals surface area contributed by atoms with Crippen LogP contribution in [0.4, 0.5) is 0 Å². The van der Waals surface area contributed by atoms with Crippen molar-refractivity contribution in [3.63, 3.8) is 0 Å². The van der Waals surface area contributed by atoms with Gasteiger partial charge in [0.2, 0.25) is 0 Å². The van der Waals surface area contributed by atoms with E-state index in [9.17, 15) is 9.90 Å². The minimum Gasteiger partial charge on any atom is -0.394 e. The van der Waals surface area contributed by atoms with Gasteiger partial charge in [-0.05, 0) is 23.8 Å². The molecule has 2 rings (SSSR count). The third-order valence-electron chi connectivity index (χ3n) is 3.13. The third kappa shape index (κ3) is 2.92. The van der Waals surface area contributed by atoms with Crippen molar-refractivity contribution in [3.8, 4) is 0 Å². The van der Waals surface area contributed by atoms with Gasteiger partial charge in [0.05, 0.1) is 18.8 Å². The lowest BCUT2D eigenvalue weighted by molar-refractivity contribution is 0.0759. The summed E-state index contributed by atoms with van der Waals surface area (Å²) in [4.78, 5) is 12.2. The Bertz CT molecular complexity index is 575. The number of hydrogen-bond donors (Lipinski definition) is 3. The Kier molecular flexibility index (Phi) is 4.14. The fraction of sp³-hybridized carbons (Fsp3) is 0.267. The van der Waals surface area contributed by atoms with Crippen LogP contribution in [0.2, 0.25) is 0 Å². The topological polar surface area (TPSA) is 69.6 Å². The van der Waals surface area contributed by atoms with Gasteiger partial charge in [-0.1, -0.05) is 36.4 Å². The predicted molar refractivity (Wildman–Crippen MR) is 74.0 cm³/mol. The second-order valence-electron chi connectivity index (χ2n) is 4.53. The molecule has 100 valence electrons. The molecule has 2 aromatic carbocycles. The normalized spacial score (nSPS) is 14.1. The molecular formula is C15H17NO3. The number of carbonyl (C=O) groups is 1. The van der Waals surface area contributed by atoms with Gasteiger partial charge >= 0.3 is 0 Å². The highest BCUT2D eigenvalue weighted by Crippen LogP contribution is 2.18. The first-order valence-electron chi connectivity index (χ1n) is 6.21. The van der Waals surface area contributed by atoms with E-state index in [0.29, 0.717) is 5.56 Å². The predicted octanol–water partition coefficient (Wildman–Crippen LogP) is 1.31. The average Bonchev–Trinajstić information content (AvgIpc) is 2.43. The molecule has 0 radical (unpaired) electrons. The van der Waals surface area contributed by atoms with Crippen molar-refractivity contribution in [2.24, 2.45) is 0 Å². The van der Waals surface area contributed by atoms with Crippen molar-refractivity contribution >= 4 is 16.7 Å². The van der Waals surface area contributed by atoms with Crippen LogP contribution >= 0.6 is 0 Å². The van der Waals surface area contributed by atoms with Crippen molar-refractivity contribution in [1.29, 1.82) is 0 Å². The standard InChI is InChI=1S/C15H17NO3/c1-10(18)14(9-17)16-15(19)13-8-4-6-11-5-2-3-7-12(11)13/h2-8,10,14,17-18H,9H2,1H3,(H,16,19). The number of fused-ring (bicyclic) bond motifs is 1. The van der Waals surface area contributed by atoms with Crippen LogP contribution in [0.15, 0.2) is 42.5 Å². The Morgan fingerprint density at radius 2 is 1.89 bits per heavy atom. The van der Waals surface area contributed by atoms with E-state index in [0.717, 1.165) is 10.8 Å². The fourth-order valence-electron chi connectivity index (χ4n) is 1.99. The molecule has 0 aliphatic carbocycles. The Morgan fingerprint density at radius 3 is 2.58 bits per heavy atom. The summed E-state index contributed by atoms with van der Waals surface area (Å²) in [5.74, 6) is -0.295. The van der Waals surface area contributed by atoms with E-state index < -0.39 is 12.1 Å². The van der Waals surface area contributed by atoms with Gasteiger partial charge in [-0.25, -0.2) is 0 Å². The molecule has 0 saturated carbocycles. The van der Waals surface area contributed by atoms with Gasteiger partial charge in [-0.3, -0.25) is 4.79 Å². The lowest BCUT2D eigenvalue weighted by atomic mass is 10.0. The maximum atomic E-state index is 12.2. The van der Waals surface area contributed by atoms with Crippen molar-refractivity contribution in [3.05, 3.63) is 48.0 Å². The summed E-state index contributed by atoms with van der Waals surface area (Å²) in [6.07, 6.45) is -0.802. The van der Waals surface area contributed by atoms with Gasteiger partial charge in [0.1, 0.15) is 0 Å². The molecule has 0 aliphatic rings. The zero-order chi connectivity index (χ0) is 13.8. The van der Waals surface area contributed by atoms with Crippen molar-refractivity contribution in [1.82, 2.24) is 5.32 Å². The first kappa shape index (κ1) is 13.5. The molecule has 2 aromatic rings. The summed E-state index contributed by atoms with van der Waals surface area (Å²) < 4.78 is 0. The highest BCUT2D eigenvalue weighted by molar-refractivity contribution is 6.07. The van der Waals surface area contributed by atoms with Crippen LogP contribution in [-0.2, 0) is 0 Å². The van der Waals surface area contributed by atoms with Crippen LogP contribution in [0, 0.1) is 0 Å². The van der Waals surface area contributed by atoms with Gasteiger partial charge in [0.25, 0.3) is 5.91 Å². The molecule has 0 aliphatic heterocycles. The van der Waals surface area contributed by atoms with E-state index in [1.54, 1.807) is 6.07 Å². The first-order chi connectivity index (χ1) is 9.13. The highest BCUT2D eigenvalue weighted by atomic mass is 16.3. The molecule has 19 heavy (non-hydrogen) atoms. The van der Waals surface area contributed by atoms with Gasteiger partial charge < -0.3 is 15.5 Å². The van der Waals surface area contributed by atoms with Crippen LogP contribution in [0.3, 0.4) is 0 Å². The van der Waals surface area contributed by atoms with Crippen LogP contribution in [0.1, 0.15) is 17.3 Å².